The average molecular weight is 402 g/mol. The predicted molar refractivity (Wildman–Crippen MR) is 83.7 cm³/mol. The number of amides is 3. The first kappa shape index (κ1) is 19.7. The first-order valence-corrected chi connectivity index (χ1v) is 8.04. The van der Waals surface area contributed by atoms with Gasteiger partial charge in [-0.05, 0) is 24.1 Å². The van der Waals surface area contributed by atoms with Gasteiger partial charge in [0, 0.05) is 5.56 Å². The van der Waals surface area contributed by atoms with Crippen molar-refractivity contribution in [3.8, 4) is 0 Å². The van der Waals surface area contributed by atoms with E-state index in [1.165, 1.54) is 19.1 Å². The molecular formula is C18H12F6N2O2. The minimum absolute atomic E-state index is 0.00316. The zero-order valence-electron chi connectivity index (χ0n) is 14.3. The number of rotatable bonds is 4. The van der Waals surface area contributed by atoms with E-state index in [0.717, 1.165) is 12.1 Å². The van der Waals surface area contributed by atoms with E-state index in [4.69, 9.17) is 0 Å². The van der Waals surface area contributed by atoms with Gasteiger partial charge in [-0.15, -0.1) is 0 Å². The molecule has 0 aromatic heterocycles. The third-order valence-corrected chi connectivity index (χ3v) is 4.66. The Hall–Kier alpha value is -3.04. The lowest BCUT2D eigenvalue weighted by atomic mass is 9.87. The number of benzene rings is 2. The molecule has 1 atom stereocenters. The molecule has 0 radical (unpaired) electrons. The molecule has 1 heterocycles. The number of nitrogens with one attached hydrogen (secondary N) is 1. The fourth-order valence-corrected chi connectivity index (χ4v) is 3.09. The molecule has 0 aliphatic carbocycles. The van der Waals surface area contributed by atoms with Crippen molar-refractivity contribution in [2.75, 3.05) is 0 Å². The summed E-state index contributed by atoms with van der Waals surface area (Å²) in [7, 11) is 0. The number of hydrogen-bond donors (Lipinski definition) is 1. The van der Waals surface area contributed by atoms with Crippen molar-refractivity contribution < 1.29 is 35.9 Å². The highest BCUT2D eigenvalue weighted by Crippen LogP contribution is 2.34. The number of imide groups is 1. The van der Waals surface area contributed by atoms with E-state index in [1.54, 1.807) is 0 Å². The summed E-state index contributed by atoms with van der Waals surface area (Å²) in [6, 6.07) is 3.52. The van der Waals surface area contributed by atoms with E-state index in [1.807, 2.05) is 0 Å². The van der Waals surface area contributed by atoms with Gasteiger partial charge in [-0.2, -0.15) is 0 Å². The summed E-state index contributed by atoms with van der Waals surface area (Å²) in [5, 5.41) is 2.36. The molecule has 28 heavy (non-hydrogen) atoms. The molecule has 3 rings (SSSR count). The van der Waals surface area contributed by atoms with Crippen LogP contribution in [0.2, 0.25) is 0 Å². The molecule has 0 unspecified atom stereocenters. The van der Waals surface area contributed by atoms with Gasteiger partial charge in [-0.1, -0.05) is 19.1 Å². The molecule has 3 amide bonds. The number of nitrogens with zero attached hydrogens (tertiary/aromatic N) is 1. The second kappa shape index (κ2) is 6.84. The molecule has 1 fully saturated rings. The largest absolute Gasteiger partial charge is 0.325 e. The average Bonchev–Trinajstić information content (AvgIpc) is 2.93. The van der Waals surface area contributed by atoms with Crippen LogP contribution >= 0.6 is 0 Å². The maximum Gasteiger partial charge on any atom is 0.325 e. The number of hydrogen-bond acceptors (Lipinski definition) is 2. The molecular weight excluding hydrogens is 390 g/mol. The molecule has 0 saturated carbocycles. The molecule has 1 N–H and O–H groups in total. The third kappa shape index (κ3) is 2.79. The van der Waals surface area contributed by atoms with Crippen LogP contribution in [0.4, 0.5) is 31.1 Å². The Morgan fingerprint density at radius 2 is 1.36 bits per heavy atom. The summed E-state index contributed by atoms with van der Waals surface area (Å²) in [5.41, 5.74) is -2.77. The van der Waals surface area contributed by atoms with Crippen LogP contribution in [0.1, 0.15) is 24.5 Å². The van der Waals surface area contributed by atoms with Crippen LogP contribution in [0.5, 0.6) is 0 Å². The topological polar surface area (TPSA) is 49.4 Å². The molecule has 1 aliphatic rings. The Balaban J connectivity index is 2.03. The Morgan fingerprint density at radius 3 is 1.86 bits per heavy atom. The monoisotopic (exact) mass is 402 g/mol. The van der Waals surface area contributed by atoms with Gasteiger partial charge < -0.3 is 5.32 Å². The van der Waals surface area contributed by atoms with Gasteiger partial charge in [0.1, 0.15) is 11.4 Å². The SMILES string of the molecule is CC[C@]1(c2ccc(F)cc2)NC(=O)N(Cc2c(F)c(F)c(F)c(F)c2F)C1=O. The lowest BCUT2D eigenvalue weighted by molar-refractivity contribution is -0.132. The fourth-order valence-electron chi connectivity index (χ4n) is 3.09. The number of halogens is 6. The van der Waals surface area contributed by atoms with Gasteiger partial charge in [0.05, 0.1) is 6.54 Å². The van der Waals surface area contributed by atoms with E-state index in [9.17, 15) is 35.9 Å². The summed E-state index contributed by atoms with van der Waals surface area (Å²) in [4.78, 5) is 25.5. The zero-order chi connectivity index (χ0) is 20.8. The summed E-state index contributed by atoms with van der Waals surface area (Å²) in [6.45, 7) is 0.364. The van der Waals surface area contributed by atoms with E-state index >= 15 is 0 Å². The molecule has 0 spiro atoms. The molecule has 2 aromatic carbocycles. The summed E-state index contributed by atoms with van der Waals surface area (Å²) < 4.78 is 81.0. The second-order valence-corrected chi connectivity index (χ2v) is 6.14. The third-order valence-electron chi connectivity index (χ3n) is 4.66. The van der Waals surface area contributed by atoms with Crippen LogP contribution in [0.25, 0.3) is 0 Å². The molecule has 1 saturated heterocycles. The van der Waals surface area contributed by atoms with Gasteiger partial charge in [-0.3, -0.25) is 9.69 Å². The highest BCUT2D eigenvalue weighted by molar-refractivity contribution is 6.07. The van der Waals surface area contributed by atoms with Crippen molar-refractivity contribution in [3.05, 3.63) is 70.3 Å². The highest BCUT2D eigenvalue weighted by Gasteiger charge is 2.51. The van der Waals surface area contributed by atoms with Gasteiger partial charge in [0.2, 0.25) is 5.82 Å². The van der Waals surface area contributed by atoms with Crippen LogP contribution < -0.4 is 5.32 Å². The minimum Gasteiger partial charge on any atom is -0.319 e. The summed E-state index contributed by atoms with van der Waals surface area (Å²) in [5.74, 6) is -12.5. The van der Waals surface area contributed by atoms with E-state index in [0.29, 0.717) is 4.90 Å². The summed E-state index contributed by atoms with van der Waals surface area (Å²) in [6.07, 6.45) is -0.00316. The standard InChI is InChI=1S/C18H12F6N2O2/c1-2-18(8-3-5-9(19)6-4-8)16(27)26(17(28)25-18)7-10-11(20)13(22)15(24)14(23)12(10)21/h3-6H,2,7H2,1H3,(H,25,28)/t18-/m1/s1. The Kier molecular flexibility index (Phi) is 4.82. The maximum absolute atomic E-state index is 13.9. The van der Waals surface area contributed by atoms with Crippen molar-refractivity contribution in [1.29, 1.82) is 0 Å². The fraction of sp³-hybridized carbons (Fsp3) is 0.222. The van der Waals surface area contributed by atoms with E-state index in [-0.39, 0.29) is 12.0 Å². The number of carbonyl (C=O) groups is 2. The lowest BCUT2D eigenvalue weighted by Gasteiger charge is -2.26. The Bertz CT molecular complexity index is 950. The first-order valence-electron chi connectivity index (χ1n) is 8.04. The zero-order valence-corrected chi connectivity index (χ0v) is 14.3. The van der Waals surface area contributed by atoms with Crippen molar-refractivity contribution >= 4 is 11.9 Å². The van der Waals surface area contributed by atoms with Crippen LogP contribution in [0, 0.1) is 34.9 Å². The van der Waals surface area contributed by atoms with Gasteiger partial charge in [-0.25, -0.2) is 31.1 Å². The van der Waals surface area contributed by atoms with Crippen LogP contribution in [-0.4, -0.2) is 16.8 Å². The van der Waals surface area contributed by atoms with Crippen molar-refractivity contribution in [2.24, 2.45) is 0 Å². The first-order chi connectivity index (χ1) is 13.1. The number of urea groups is 1. The smallest absolute Gasteiger partial charge is 0.319 e. The molecule has 2 aromatic rings. The van der Waals surface area contributed by atoms with Crippen LogP contribution in [0.15, 0.2) is 24.3 Å². The van der Waals surface area contributed by atoms with Crippen LogP contribution in [-0.2, 0) is 16.9 Å². The van der Waals surface area contributed by atoms with Gasteiger partial charge in [0.25, 0.3) is 5.91 Å². The van der Waals surface area contributed by atoms with Crippen molar-refractivity contribution in [2.45, 2.75) is 25.4 Å². The Labute approximate surface area is 154 Å². The molecule has 4 nitrogen and oxygen atoms in total. The van der Waals surface area contributed by atoms with Crippen molar-refractivity contribution in [3.63, 3.8) is 0 Å². The van der Waals surface area contributed by atoms with Crippen molar-refractivity contribution in [1.82, 2.24) is 10.2 Å². The maximum atomic E-state index is 13.9. The van der Waals surface area contributed by atoms with E-state index < -0.39 is 64.5 Å². The molecule has 0 bridgehead atoms. The lowest BCUT2D eigenvalue weighted by Crippen LogP contribution is -2.43. The Morgan fingerprint density at radius 1 is 0.857 bits per heavy atom. The molecule has 148 valence electrons. The molecule has 10 heteroatoms. The highest BCUT2D eigenvalue weighted by atomic mass is 19.2. The predicted octanol–water partition coefficient (Wildman–Crippen LogP) is 3.88. The second-order valence-electron chi connectivity index (χ2n) is 6.14. The van der Waals surface area contributed by atoms with Gasteiger partial charge in [0.15, 0.2) is 23.3 Å². The summed E-state index contributed by atoms with van der Waals surface area (Å²) >= 11 is 0. The van der Waals surface area contributed by atoms with E-state index in [2.05, 4.69) is 5.32 Å². The normalized spacial score (nSPS) is 19.3. The van der Waals surface area contributed by atoms with Crippen LogP contribution in [0.3, 0.4) is 0 Å². The molecule has 1 aliphatic heterocycles. The number of carbonyl (C=O) groups excluding carboxylic acids is 2. The van der Waals surface area contributed by atoms with Gasteiger partial charge >= 0.3 is 6.03 Å². The quantitative estimate of drug-likeness (QED) is 0.365. The minimum atomic E-state index is -2.34.